The number of nitrogens with two attached hydrogens (primary N) is 1. The SMILES string of the molecule is NC(=O)c1cccc2c1N2N(N=O)C1CCN(C(=O)Cc2ccc(C(F)(F)F)cc2)CC1. The highest BCUT2D eigenvalue weighted by atomic mass is 19.4. The minimum absolute atomic E-state index is 0.00200. The molecular weight excluding hydrogens is 427 g/mol. The van der Waals surface area contributed by atoms with Crippen LogP contribution >= 0.6 is 0 Å². The maximum atomic E-state index is 12.7. The first-order valence-corrected chi connectivity index (χ1v) is 10.00. The number of likely N-dealkylation sites (tertiary alicyclic amines) is 1. The van der Waals surface area contributed by atoms with Crippen LogP contribution in [0.5, 0.6) is 0 Å². The van der Waals surface area contributed by atoms with Crippen molar-refractivity contribution >= 4 is 23.2 Å². The number of halogens is 3. The van der Waals surface area contributed by atoms with Crippen LogP contribution in [0.25, 0.3) is 0 Å². The summed E-state index contributed by atoms with van der Waals surface area (Å²) in [6.07, 6.45) is -3.47. The van der Waals surface area contributed by atoms with E-state index in [1.807, 2.05) is 0 Å². The van der Waals surface area contributed by atoms with E-state index in [1.54, 1.807) is 28.1 Å². The number of rotatable bonds is 6. The minimum Gasteiger partial charge on any atom is -0.366 e. The second-order valence-electron chi connectivity index (χ2n) is 7.73. The molecule has 2 aromatic carbocycles. The lowest BCUT2D eigenvalue weighted by Crippen LogP contribution is -2.47. The fourth-order valence-electron chi connectivity index (χ4n) is 4.01. The number of para-hydroxylation sites is 1. The summed E-state index contributed by atoms with van der Waals surface area (Å²) in [5.41, 5.74) is 6.67. The molecular formula is C21H20F3N5O3. The molecule has 0 radical (unpaired) electrons. The maximum absolute atomic E-state index is 12.7. The van der Waals surface area contributed by atoms with Crippen LogP contribution in [0.4, 0.5) is 24.5 Å². The Bertz CT molecular complexity index is 1050. The molecule has 1 saturated heterocycles. The van der Waals surface area contributed by atoms with Crippen LogP contribution in [-0.2, 0) is 17.4 Å². The first-order chi connectivity index (χ1) is 15.2. The monoisotopic (exact) mass is 447 g/mol. The molecule has 0 aliphatic carbocycles. The normalized spacial score (nSPS) is 15.8. The number of carbonyl (C=O) groups excluding carboxylic acids is 2. The van der Waals surface area contributed by atoms with Crippen LogP contribution < -0.4 is 10.7 Å². The summed E-state index contributed by atoms with van der Waals surface area (Å²) in [4.78, 5) is 37.3. The van der Waals surface area contributed by atoms with E-state index in [4.69, 9.17) is 5.73 Å². The van der Waals surface area contributed by atoms with Gasteiger partial charge in [-0.3, -0.25) is 9.59 Å². The van der Waals surface area contributed by atoms with Crippen molar-refractivity contribution in [2.45, 2.75) is 31.5 Å². The number of hydrazine groups is 1. The average Bonchev–Trinajstić information content (AvgIpc) is 3.48. The Morgan fingerprint density at radius 2 is 1.75 bits per heavy atom. The highest BCUT2D eigenvalue weighted by Gasteiger charge is 2.43. The molecule has 0 unspecified atom stereocenters. The molecule has 2 aliphatic rings. The van der Waals surface area contributed by atoms with E-state index in [2.05, 4.69) is 5.29 Å². The van der Waals surface area contributed by atoms with Crippen molar-refractivity contribution in [1.82, 2.24) is 10.0 Å². The maximum Gasteiger partial charge on any atom is 0.416 e. The van der Waals surface area contributed by atoms with E-state index in [9.17, 15) is 27.7 Å². The number of nitrogens with zero attached hydrogens (tertiary/aromatic N) is 4. The molecule has 0 saturated carbocycles. The molecule has 168 valence electrons. The number of carbonyl (C=O) groups is 2. The number of hydrogen-bond acceptors (Lipinski definition) is 5. The van der Waals surface area contributed by atoms with Gasteiger partial charge >= 0.3 is 6.18 Å². The summed E-state index contributed by atoms with van der Waals surface area (Å²) in [6, 6.07) is 9.27. The van der Waals surface area contributed by atoms with Crippen molar-refractivity contribution in [2.24, 2.45) is 11.0 Å². The number of amides is 2. The minimum atomic E-state index is -4.42. The third-order valence-corrected chi connectivity index (χ3v) is 5.74. The summed E-state index contributed by atoms with van der Waals surface area (Å²) in [6.45, 7) is 0.756. The Morgan fingerprint density at radius 1 is 1.09 bits per heavy atom. The van der Waals surface area contributed by atoms with Gasteiger partial charge in [-0.15, -0.1) is 4.91 Å². The lowest BCUT2D eigenvalue weighted by Gasteiger charge is -2.36. The molecule has 11 heteroatoms. The lowest BCUT2D eigenvalue weighted by atomic mass is 10.0. The van der Waals surface area contributed by atoms with Gasteiger partial charge in [-0.2, -0.15) is 18.3 Å². The largest absolute Gasteiger partial charge is 0.416 e. The Morgan fingerprint density at radius 3 is 2.31 bits per heavy atom. The van der Waals surface area contributed by atoms with Gasteiger partial charge in [-0.1, -0.05) is 18.2 Å². The molecule has 0 bridgehead atoms. The van der Waals surface area contributed by atoms with Gasteiger partial charge < -0.3 is 10.6 Å². The van der Waals surface area contributed by atoms with E-state index in [1.165, 1.54) is 17.3 Å². The fraction of sp³-hybridized carbons (Fsp3) is 0.333. The molecule has 0 aromatic heterocycles. The van der Waals surface area contributed by atoms with E-state index in [0.717, 1.165) is 12.1 Å². The third-order valence-electron chi connectivity index (χ3n) is 5.74. The Hall–Kier alpha value is -3.63. The van der Waals surface area contributed by atoms with Crippen molar-refractivity contribution in [3.05, 3.63) is 64.1 Å². The summed E-state index contributed by atoms with van der Waals surface area (Å²) in [5, 5.41) is 5.94. The summed E-state index contributed by atoms with van der Waals surface area (Å²) in [7, 11) is 0. The van der Waals surface area contributed by atoms with Crippen LogP contribution in [-0.4, -0.2) is 41.0 Å². The number of fused-ring (bicyclic) bond motifs is 1. The van der Waals surface area contributed by atoms with E-state index in [-0.39, 0.29) is 18.4 Å². The van der Waals surface area contributed by atoms with Crippen molar-refractivity contribution in [1.29, 1.82) is 0 Å². The molecule has 4 rings (SSSR count). The predicted molar refractivity (Wildman–Crippen MR) is 109 cm³/mol. The van der Waals surface area contributed by atoms with Crippen molar-refractivity contribution in [2.75, 3.05) is 18.1 Å². The van der Waals surface area contributed by atoms with Crippen molar-refractivity contribution < 1.29 is 22.8 Å². The molecule has 0 atom stereocenters. The summed E-state index contributed by atoms with van der Waals surface area (Å²) >= 11 is 0. The van der Waals surface area contributed by atoms with Crippen LogP contribution in [0, 0.1) is 4.91 Å². The molecule has 2 aliphatic heterocycles. The zero-order valence-electron chi connectivity index (χ0n) is 16.9. The quantitative estimate of drug-likeness (QED) is 0.416. The third kappa shape index (κ3) is 4.10. The van der Waals surface area contributed by atoms with Crippen LogP contribution in [0.1, 0.15) is 34.3 Å². The highest BCUT2D eigenvalue weighted by Crippen LogP contribution is 2.52. The van der Waals surface area contributed by atoms with Gasteiger partial charge in [0, 0.05) is 13.1 Å². The van der Waals surface area contributed by atoms with Crippen molar-refractivity contribution in [3.8, 4) is 0 Å². The molecule has 2 amide bonds. The van der Waals surface area contributed by atoms with Crippen LogP contribution in [0.3, 0.4) is 0 Å². The average molecular weight is 447 g/mol. The van der Waals surface area contributed by atoms with Gasteiger partial charge in [0.25, 0.3) is 5.91 Å². The van der Waals surface area contributed by atoms with Crippen LogP contribution in [0.2, 0.25) is 0 Å². The molecule has 0 spiro atoms. The van der Waals surface area contributed by atoms with E-state index < -0.39 is 17.6 Å². The van der Waals surface area contributed by atoms with Gasteiger partial charge in [-0.25, -0.2) is 5.01 Å². The molecule has 8 nitrogen and oxygen atoms in total. The van der Waals surface area contributed by atoms with E-state index >= 15 is 0 Å². The lowest BCUT2D eigenvalue weighted by molar-refractivity contribution is -0.137. The smallest absolute Gasteiger partial charge is 0.366 e. The molecule has 2 N–H and O–H groups in total. The first kappa shape index (κ1) is 21.6. The van der Waals surface area contributed by atoms with Gasteiger partial charge in [-0.05, 0) is 42.7 Å². The van der Waals surface area contributed by atoms with Gasteiger partial charge in [0.1, 0.15) is 5.69 Å². The second kappa shape index (κ2) is 8.13. The highest BCUT2D eigenvalue weighted by molar-refractivity contribution is 6.09. The number of primary amides is 1. The number of hydrogen-bond donors (Lipinski definition) is 1. The number of alkyl halides is 3. The predicted octanol–water partition coefficient (Wildman–Crippen LogP) is 3.39. The standard InChI is InChI=1S/C21H20F3N5O3/c22-21(23,24)14-6-4-13(5-7-14)12-18(30)27-10-8-15(9-11-27)29(26-32)28-17-3-1-2-16(19(17)28)20(25)31/h1-7,15H,8-12H2,(H2,25,31). The zero-order chi connectivity index (χ0) is 23.0. The number of nitroso groups, excluding NO2 is 1. The Labute approximate surface area is 181 Å². The zero-order valence-corrected chi connectivity index (χ0v) is 16.9. The van der Waals surface area contributed by atoms with E-state index in [0.29, 0.717) is 48.4 Å². The Kier molecular flexibility index (Phi) is 5.49. The number of piperidine rings is 1. The summed E-state index contributed by atoms with van der Waals surface area (Å²) in [5.74, 6) is -0.793. The molecule has 2 heterocycles. The number of benzene rings is 2. The first-order valence-electron chi connectivity index (χ1n) is 10.00. The fourth-order valence-corrected chi connectivity index (χ4v) is 4.01. The van der Waals surface area contributed by atoms with Gasteiger partial charge in [0.15, 0.2) is 0 Å². The van der Waals surface area contributed by atoms with Crippen molar-refractivity contribution in [3.63, 3.8) is 0 Å². The Balaban J connectivity index is 1.34. The number of anilines is 2. The van der Waals surface area contributed by atoms with Crippen LogP contribution in [0.15, 0.2) is 47.8 Å². The van der Waals surface area contributed by atoms with Gasteiger partial charge in [0.05, 0.1) is 34.6 Å². The molecule has 2 aromatic rings. The topological polar surface area (TPSA) is 99.1 Å². The van der Waals surface area contributed by atoms with Gasteiger partial charge in [0.2, 0.25) is 5.91 Å². The molecule has 32 heavy (non-hydrogen) atoms. The summed E-state index contributed by atoms with van der Waals surface area (Å²) < 4.78 is 38.0. The second-order valence-corrected chi connectivity index (χ2v) is 7.73. The molecule has 1 fully saturated rings.